The Morgan fingerprint density at radius 2 is 2.05 bits per heavy atom. The number of aryl methyl sites for hydroxylation is 1. The zero-order chi connectivity index (χ0) is 15.5. The van der Waals surface area contributed by atoms with Crippen molar-refractivity contribution in [2.24, 2.45) is 0 Å². The Morgan fingerprint density at radius 1 is 1.23 bits per heavy atom. The van der Waals surface area contributed by atoms with Gasteiger partial charge in [-0.2, -0.15) is 0 Å². The third kappa shape index (κ3) is 2.72. The summed E-state index contributed by atoms with van der Waals surface area (Å²) in [4.78, 5) is 16.8. The number of amides is 1. The topological polar surface area (TPSA) is 46.9 Å². The number of rotatable bonds is 4. The molecule has 0 aliphatic heterocycles. The minimum Gasteiger partial charge on any atom is -0.324 e. The molecule has 1 N–H and O–H groups in total. The maximum atomic E-state index is 12.5. The second-order valence-corrected chi connectivity index (χ2v) is 5.36. The number of hydrogen-bond acceptors (Lipinski definition) is 2. The molecular weight excluding hydrogens is 274 g/mol. The van der Waals surface area contributed by atoms with Crippen LogP contribution in [0, 0.1) is 0 Å². The number of para-hydroxylation sites is 2. The SMILES string of the molecule is CCc1cccc(NC(=O)C(C)n2cnc3ccccc32)c1. The monoisotopic (exact) mass is 293 g/mol. The van der Waals surface area contributed by atoms with Crippen molar-refractivity contribution in [1.82, 2.24) is 9.55 Å². The van der Waals surface area contributed by atoms with Crippen LogP contribution in [0.4, 0.5) is 5.69 Å². The third-order valence-corrected chi connectivity index (χ3v) is 3.88. The van der Waals surface area contributed by atoms with Crippen molar-refractivity contribution < 1.29 is 4.79 Å². The van der Waals surface area contributed by atoms with E-state index in [0.29, 0.717) is 0 Å². The molecule has 0 saturated carbocycles. The van der Waals surface area contributed by atoms with Crippen molar-refractivity contribution >= 4 is 22.6 Å². The summed E-state index contributed by atoms with van der Waals surface area (Å²) in [7, 11) is 0. The van der Waals surface area contributed by atoms with E-state index in [-0.39, 0.29) is 11.9 Å². The number of fused-ring (bicyclic) bond motifs is 1. The Hall–Kier alpha value is -2.62. The van der Waals surface area contributed by atoms with Crippen LogP contribution in [-0.2, 0) is 11.2 Å². The maximum Gasteiger partial charge on any atom is 0.247 e. The number of aromatic nitrogens is 2. The van der Waals surface area contributed by atoms with Gasteiger partial charge in [0.15, 0.2) is 0 Å². The summed E-state index contributed by atoms with van der Waals surface area (Å²) in [5.41, 5.74) is 3.90. The van der Waals surface area contributed by atoms with Gasteiger partial charge in [-0.1, -0.05) is 31.2 Å². The molecule has 1 amide bonds. The van der Waals surface area contributed by atoms with E-state index in [2.05, 4.69) is 23.3 Å². The predicted octanol–water partition coefficient (Wildman–Crippen LogP) is 3.80. The van der Waals surface area contributed by atoms with E-state index in [9.17, 15) is 4.79 Å². The average molecular weight is 293 g/mol. The second kappa shape index (κ2) is 6.02. The molecule has 0 radical (unpaired) electrons. The first-order valence-corrected chi connectivity index (χ1v) is 7.50. The van der Waals surface area contributed by atoms with Gasteiger partial charge in [-0.25, -0.2) is 4.98 Å². The highest BCUT2D eigenvalue weighted by Gasteiger charge is 2.17. The largest absolute Gasteiger partial charge is 0.324 e. The molecule has 1 atom stereocenters. The van der Waals surface area contributed by atoms with Gasteiger partial charge in [0.25, 0.3) is 0 Å². The van der Waals surface area contributed by atoms with Gasteiger partial charge in [0.05, 0.1) is 17.4 Å². The van der Waals surface area contributed by atoms with E-state index in [0.717, 1.165) is 23.1 Å². The van der Waals surface area contributed by atoms with Crippen LogP contribution in [0.1, 0.15) is 25.5 Å². The number of carbonyl (C=O) groups is 1. The number of carbonyl (C=O) groups excluding carboxylic acids is 1. The van der Waals surface area contributed by atoms with Crippen LogP contribution >= 0.6 is 0 Å². The van der Waals surface area contributed by atoms with Crippen molar-refractivity contribution in [2.75, 3.05) is 5.32 Å². The molecule has 3 rings (SSSR count). The number of benzene rings is 2. The van der Waals surface area contributed by atoms with Crippen molar-refractivity contribution in [3.8, 4) is 0 Å². The average Bonchev–Trinajstić information content (AvgIpc) is 2.98. The number of hydrogen-bond donors (Lipinski definition) is 1. The standard InChI is InChI=1S/C18H19N3O/c1-3-14-7-6-8-15(11-14)20-18(22)13(2)21-12-19-16-9-4-5-10-17(16)21/h4-13H,3H2,1-2H3,(H,20,22). The molecule has 0 aliphatic rings. The molecule has 4 heteroatoms. The van der Waals surface area contributed by atoms with Gasteiger partial charge in [-0.05, 0) is 43.2 Å². The lowest BCUT2D eigenvalue weighted by atomic mass is 10.1. The lowest BCUT2D eigenvalue weighted by Crippen LogP contribution is -2.23. The first-order valence-electron chi connectivity index (χ1n) is 7.50. The summed E-state index contributed by atoms with van der Waals surface area (Å²) in [6.07, 6.45) is 2.67. The molecule has 112 valence electrons. The van der Waals surface area contributed by atoms with Crippen LogP contribution in [0.2, 0.25) is 0 Å². The molecule has 0 saturated heterocycles. The number of anilines is 1. The highest BCUT2D eigenvalue weighted by Crippen LogP contribution is 2.19. The fourth-order valence-electron chi connectivity index (χ4n) is 2.53. The third-order valence-electron chi connectivity index (χ3n) is 3.88. The van der Waals surface area contributed by atoms with E-state index in [1.807, 2.05) is 54.0 Å². The summed E-state index contributed by atoms with van der Waals surface area (Å²) in [6.45, 7) is 3.98. The van der Waals surface area contributed by atoms with Gasteiger partial charge >= 0.3 is 0 Å². The summed E-state index contributed by atoms with van der Waals surface area (Å²) >= 11 is 0. The fourth-order valence-corrected chi connectivity index (χ4v) is 2.53. The Labute approximate surface area is 129 Å². The molecule has 4 nitrogen and oxygen atoms in total. The van der Waals surface area contributed by atoms with Crippen molar-refractivity contribution in [1.29, 1.82) is 0 Å². The molecular formula is C18H19N3O. The number of imidazole rings is 1. The van der Waals surface area contributed by atoms with Crippen LogP contribution < -0.4 is 5.32 Å². The van der Waals surface area contributed by atoms with E-state index < -0.39 is 0 Å². The molecule has 0 bridgehead atoms. The Bertz CT molecular complexity index is 807. The van der Waals surface area contributed by atoms with Crippen LogP contribution in [0.25, 0.3) is 11.0 Å². The van der Waals surface area contributed by atoms with Crippen molar-refractivity contribution in [2.45, 2.75) is 26.3 Å². The van der Waals surface area contributed by atoms with E-state index in [1.54, 1.807) is 6.33 Å². The van der Waals surface area contributed by atoms with Crippen LogP contribution in [0.5, 0.6) is 0 Å². The van der Waals surface area contributed by atoms with Gasteiger partial charge in [-0.3, -0.25) is 4.79 Å². The van der Waals surface area contributed by atoms with Crippen LogP contribution in [0.15, 0.2) is 54.9 Å². The van der Waals surface area contributed by atoms with Gasteiger partial charge in [0.2, 0.25) is 5.91 Å². The predicted molar refractivity (Wildman–Crippen MR) is 88.9 cm³/mol. The van der Waals surface area contributed by atoms with Gasteiger partial charge in [0, 0.05) is 5.69 Å². The molecule has 1 heterocycles. The lowest BCUT2D eigenvalue weighted by Gasteiger charge is -2.15. The van der Waals surface area contributed by atoms with Crippen molar-refractivity contribution in [3.05, 3.63) is 60.4 Å². The molecule has 0 aliphatic carbocycles. The van der Waals surface area contributed by atoms with Gasteiger partial charge in [0.1, 0.15) is 6.04 Å². The number of nitrogens with one attached hydrogen (secondary N) is 1. The Morgan fingerprint density at radius 3 is 2.86 bits per heavy atom. The molecule has 22 heavy (non-hydrogen) atoms. The highest BCUT2D eigenvalue weighted by molar-refractivity contribution is 5.94. The summed E-state index contributed by atoms with van der Waals surface area (Å²) < 4.78 is 1.90. The first-order chi connectivity index (χ1) is 10.7. The molecule has 3 aromatic rings. The van der Waals surface area contributed by atoms with E-state index in [4.69, 9.17) is 0 Å². The summed E-state index contributed by atoms with van der Waals surface area (Å²) in [5, 5.41) is 2.98. The quantitative estimate of drug-likeness (QED) is 0.795. The van der Waals surface area contributed by atoms with E-state index in [1.165, 1.54) is 5.56 Å². The molecule has 0 fully saturated rings. The minimum absolute atomic E-state index is 0.0450. The van der Waals surface area contributed by atoms with Crippen molar-refractivity contribution in [3.63, 3.8) is 0 Å². The van der Waals surface area contributed by atoms with Crippen LogP contribution in [0.3, 0.4) is 0 Å². The second-order valence-electron chi connectivity index (χ2n) is 5.36. The molecule has 0 spiro atoms. The zero-order valence-corrected chi connectivity index (χ0v) is 12.8. The lowest BCUT2D eigenvalue weighted by molar-refractivity contribution is -0.118. The smallest absolute Gasteiger partial charge is 0.247 e. The molecule has 1 unspecified atom stereocenters. The fraction of sp³-hybridized carbons (Fsp3) is 0.222. The first kappa shape index (κ1) is 14.3. The van der Waals surface area contributed by atoms with Gasteiger partial charge in [-0.15, -0.1) is 0 Å². The summed E-state index contributed by atoms with van der Waals surface area (Å²) in [6, 6.07) is 15.4. The zero-order valence-electron chi connectivity index (χ0n) is 12.8. The van der Waals surface area contributed by atoms with Gasteiger partial charge < -0.3 is 9.88 Å². The normalized spacial score (nSPS) is 12.3. The highest BCUT2D eigenvalue weighted by atomic mass is 16.2. The van der Waals surface area contributed by atoms with Crippen LogP contribution in [-0.4, -0.2) is 15.5 Å². The Balaban J connectivity index is 1.82. The maximum absolute atomic E-state index is 12.5. The molecule has 2 aromatic carbocycles. The molecule has 1 aromatic heterocycles. The summed E-state index contributed by atoms with van der Waals surface area (Å²) in [5.74, 6) is -0.0450. The Kier molecular flexibility index (Phi) is 3.92. The number of nitrogens with zero attached hydrogens (tertiary/aromatic N) is 2. The van der Waals surface area contributed by atoms with E-state index >= 15 is 0 Å². The minimum atomic E-state index is -0.322.